The van der Waals surface area contributed by atoms with Crippen molar-refractivity contribution in [2.45, 2.75) is 12.7 Å². The van der Waals surface area contributed by atoms with Crippen molar-refractivity contribution in [1.82, 2.24) is 15.0 Å². The monoisotopic (exact) mass is 310 g/mol. The predicted molar refractivity (Wildman–Crippen MR) is 64.3 cm³/mol. The van der Waals surface area contributed by atoms with Crippen molar-refractivity contribution < 1.29 is 13.2 Å². The Hall–Kier alpha value is -1.61. The van der Waals surface area contributed by atoms with E-state index in [2.05, 4.69) is 20.3 Å². The van der Waals surface area contributed by atoms with Crippen LogP contribution in [0.25, 0.3) is 0 Å². The molecule has 0 unspecified atom stereocenters. The van der Waals surface area contributed by atoms with Gasteiger partial charge >= 0.3 is 11.0 Å². The average molecular weight is 311 g/mol. The molecular formula is C9H6ClF3N4OS. The summed E-state index contributed by atoms with van der Waals surface area (Å²) in [5, 5.41) is 3.68. The van der Waals surface area contributed by atoms with Gasteiger partial charge in [0.2, 0.25) is 5.28 Å². The predicted octanol–water partition coefficient (Wildman–Crippen LogP) is 2.51. The maximum absolute atomic E-state index is 12.5. The van der Waals surface area contributed by atoms with Crippen molar-refractivity contribution in [3.63, 3.8) is 0 Å². The molecule has 0 amide bonds. The number of anilines is 1. The number of halogens is 4. The van der Waals surface area contributed by atoms with E-state index in [0.717, 1.165) is 17.4 Å². The van der Waals surface area contributed by atoms with Gasteiger partial charge in [-0.3, -0.25) is 4.79 Å². The molecule has 0 aromatic carbocycles. The third kappa shape index (κ3) is 3.67. The Bertz CT molecular complexity index is 639. The Morgan fingerprint density at radius 1 is 1.42 bits per heavy atom. The van der Waals surface area contributed by atoms with Crippen LogP contribution in [0.5, 0.6) is 0 Å². The highest BCUT2D eigenvalue weighted by Gasteiger charge is 2.33. The van der Waals surface area contributed by atoms with Gasteiger partial charge in [0.05, 0.1) is 6.54 Å². The van der Waals surface area contributed by atoms with Crippen molar-refractivity contribution in [2.24, 2.45) is 0 Å². The van der Waals surface area contributed by atoms with E-state index in [9.17, 15) is 18.0 Å². The van der Waals surface area contributed by atoms with Gasteiger partial charge in [-0.2, -0.15) is 13.2 Å². The molecule has 0 radical (unpaired) electrons. The quantitative estimate of drug-likeness (QED) is 0.855. The molecule has 2 N–H and O–H groups in total. The van der Waals surface area contributed by atoms with Crippen LogP contribution in [0.4, 0.5) is 19.0 Å². The molecular weight excluding hydrogens is 305 g/mol. The lowest BCUT2D eigenvalue weighted by Gasteiger charge is -2.09. The smallest absolute Gasteiger partial charge is 0.364 e. The largest absolute Gasteiger partial charge is 0.433 e. The first-order valence-electron chi connectivity index (χ1n) is 4.87. The third-order valence-corrected chi connectivity index (χ3v) is 2.91. The molecule has 0 aliphatic heterocycles. The summed E-state index contributed by atoms with van der Waals surface area (Å²) in [6, 6.07) is 0.746. The number of nitrogens with zero attached hydrogens (tertiary/aromatic N) is 2. The lowest BCUT2D eigenvalue weighted by Crippen LogP contribution is -2.11. The van der Waals surface area contributed by atoms with Gasteiger partial charge in [0, 0.05) is 17.1 Å². The van der Waals surface area contributed by atoms with Crippen LogP contribution in [-0.4, -0.2) is 15.0 Å². The fourth-order valence-corrected chi connectivity index (χ4v) is 2.00. The number of H-pyrrole nitrogens is 1. The molecule has 0 aliphatic carbocycles. The Balaban J connectivity index is 2.16. The van der Waals surface area contributed by atoms with Gasteiger partial charge in [0.15, 0.2) is 5.69 Å². The van der Waals surface area contributed by atoms with Gasteiger partial charge in [-0.15, -0.1) is 0 Å². The van der Waals surface area contributed by atoms with Crippen molar-refractivity contribution in [1.29, 1.82) is 0 Å². The fourth-order valence-electron chi connectivity index (χ4n) is 1.24. The fraction of sp³-hybridized carbons (Fsp3) is 0.222. The van der Waals surface area contributed by atoms with Gasteiger partial charge in [-0.25, -0.2) is 9.97 Å². The van der Waals surface area contributed by atoms with Crippen LogP contribution in [0, 0.1) is 0 Å². The highest BCUT2D eigenvalue weighted by atomic mass is 35.5. The lowest BCUT2D eigenvalue weighted by molar-refractivity contribution is -0.141. The second-order valence-corrected chi connectivity index (χ2v) is 4.61. The number of hydrogen-bond acceptors (Lipinski definition) is 5. The minimum Gasteiger partial charge on any atom is -0.364 e. The molecule has 0 spiro atoms. The highest BCUT2D eigenvalue weighted by molar-refractivity contribution is 7.07. The van der Waals surface area contributed by atoms with Crippen molar-refractivity contribution >= 4 is 28.8 Å². The Morgan fingerprint density at radius 3 is 2.74 bits per heavy atom. The summed E-state index contributed by atoms with van der Waals surface area (Å²) < 4.78 is 37.5. The van der Waals surface area contributed by atoms with Gasteiger partial charge < -0.3 is 10.3 Å². The SMILES string of the molecule is O=c1[nH]c(CNc2cc(C(F)(F)F)nc(Cl)n2)cs1. The van der Waals surface area contributed by atoms with E-state index in [0.29, 0.717) is 5.69 Å². The number of thiazole rings is 1. The van der Waals surface area contributed by atoms with E-state index in [-0.39, 0.29) is 17.2 Å². The molecule has 102 valence electrons. The molecule has 19 heavy (non-hydrogen) atoms. The Labute approximate surface area is 113 Å². The van der Waals surface area contributed by atoms with Crippen LogP contribution in [-0.2, 0) is 12.7 Å². The molecule has 2 heterocycles. The maximum atomic E-state index is 12.5. The zero-order valence-corrected chi connectivity index (χ0v) is 10.7. The minimum atomic E-state index is -4.60. The maximum Gasteiger partial charge on any atom is 0.433 e. The zero-order valence-electron chi connectivity index (χ0n) is 9.08. The van der Waals surface area contributed by atoms with Crippen molar-refractivity contribution in [3.8, 4) is 0 Å². The second-order valence-electron chi connectivity index (χ2n) is 3.43. The molecule has 5 nitrogen and oxygen atoms in total. The van der Waals surface area contributed by atoms with E-state index in [1.165, 1.54) is 0 Å². The highest BCUT2D eigenvalue weighted by Crippen LogP contribution is 2.29. The molecule has 0 saturated carbocycles. The summed E-state index contributed by atoms with van der Waals surface area (Å²) in [4.78, 5) is 19.9. The topological polar surface area (TPSA) is 70.7 Å². The number of aromatic amines is 1. The molecule has 0 saturated heterocycles. The third-order valence-electron chi connectivity index (χ3n) is 2.02. The number of alkyl halides is 3. The molecule has 2 aromatic rings. The van der Waals surface area contributed by atoms with Gasteiger partial charge in [-0.1, -0.05) is 11.3 Å². The summed E-state index contributed by atoms with van der Waals surface area (Å²) in [5.74, 6) is -0.0700. The van der Waals surface area contributed by atoms with E-state index in [1.807, 2.05) is 0 Å². The summed E-state index contributed by atoms with van der Waals surface area (Å²) in [6.07, 6.45) is -4.60. The number of nitrogens with one attached hydrogen (secondary N) is 2. The molecule has 2 rings (SSSR count). The minimum absolute atomic E-state index is 0.0700. The van der Waals surface area contributed by atoms with E-state index >= 15 is 0 Å². The molecule has 0 bridgehead atoms. The summed E-state index contributed by atoms with van der Waals surface area (Å²) in [5.41, 5.74) is -0.591. The van der Waals surface area contributed by atoms with Crippen molar-refractivity contribution in [3.05, 3.63) is 37.8 Å². The first kappa shape index (κ1) is 13.8. The molecule has 0 atom stereocenters. The second kappa shape index (κ2) is 5.17. The van der Waals surface area contributed by atoms with Gasteiger partial charge in [0.1, 0.15) is 5.82 Å². The van der Waals surface area contributed by atoms with Crippen molar-refractivity contribution in [2.75, 3.05) is 5.32 Å². The Morgan fingerprint density at radius 2 is 2.16 bits per heavy atom. The standard InChI is InChI=1S/C9H6ClF3N4OS/c10-7-16-5(9(11,12)13)1-6(17-7)14-2-4-3-19-8(18)15-4/h1,3H,2H2,(H,15,18)(H,14,16,17). The molecule has 0 fully saturated rings. The zero-order chi connectivity index (χ0) is 14.0. The first-order chi connectivity index (χ1) is 8.84. The van der Waals surface area contributed by atoms with Crippen LogP contribution >= 0.6 is 22.9 Å². The first-order valence-corrected chi connectivity index (χ1v) is 6.13. The molecule has 2 aromatic heterocycles. The van der Waals surface area contributed by atoms with E-state index < -0.39 is 17.2 Å². The number of aromatic nitrogens is 3. The van der Waals surface area contributed by atoms with Crippen LogP contribution < -0.4 is 10.2 Å². The summed E-state index contributed by atoms with van der Waals surface area (Å²) >= 11 is 6.38. The van der Waals surface area contributed by atoms with Gasteiger partial charge in [-0.05, 0) is 11.6 Å². The van der Waals surface area contributed by atoms with E-state index in [4.69, 9.17) is 11.6 Å². The average Bonchev–Trinajstić information content (AvgIpc) is 2.71. The molecule has 0 aliphatic rings. The molecule has 10 heteroatoms. The summed E-state index contributed by atoms with van der Waals surface area (Å²) in [6.45, 7) is 0.128. The van der Waals surface area contributed by atoms with Crippen LogP contribution in [0.2, 0.25) is 5.28 Å². The van der Waals surface area contributed by atoms with Crippen LogP contribution in [0.1, 0.15) is 11.4 Å². The lowest BCUT2D eigenvalue weighted by atomic mass is 10.3. The number of rotatable bonds is 3. The van der Waals surface area contributed by atoms with E-state index in [1.54, 1.807) is 5.38 Å². The van der Waals surface area contributed by atoms with Gasteiger partial charge in [0.25, 0.3) is 0 Å². The summed E-state index contributed by atoms with van der Waals surface area (Å²) in [7, 11) is 0. The number of hydrogen-bond donors (Lipinski definition) is 2. The van der Waals surface area contributed by atoms with Crippen LogP contribution in [0.15, 0.2) is 16.2 Å². The Kier molecular flexibility index (Phi) is 3.76. The normalized spacial score (nSPS) is 11.6. The van der Waals surface area contributed by atoms with Crippen LogP contribution in [0.3, 0.4) is 0 Å².